The van der Waals surface area contributed by atoms with Crippen LogP contribution in [0, 0.1) is 0 Å². The zero-order chi connectivity index (χ0) is 13.9. The van der Waals surface area contributed by atoms with Crippen LogP contribution in [-0.2, 0) is 27.1 Å². The fourth-order valence-electron chi connectivity index (χ4n) is 1.44. The van der Waals surface area contributed by atoms with E-state index in [4.69, 9.17) is 27.1 Å². The van der Waals surface area contributed by atoms with Crippen LogP contribution < -0.4 is 9.72 Å². The van der Waals surface area contributed by atoms with Gasteiger partial charge in [0.05, 0.1) is 0 Å². The fraction of sp³-hybridized carbons (Fsp3) is 1.00. The molecule has 1 heterocycles. The van der Waals surface area contributed by atoms with E-state index in [-0.39, 0.29) is 0 Å². The zero-order valence-corrected chi connectivity index (χ0v) is 14.2. The zero-order valence-electron chi connectivity index (χ0n) is 11.3. The predicted octanol–water partition coefficient (Wildman–Crippen LogP) is 1.82. The van der Waals surface area contributed by atoms with Crippen molar-refractivity contribution in [2.45, 2.75) is 0 Å². The molecule has 0 aliphatic carbocycles. The van der Waals surface area contributed by atoms with Gasteiger partial charge in [-0.2, -0.15) is 0 Å². The summed E-state index contributed by atoms with van der Waals surface area (Å²) in [5.41, 5.74) is 0. The van der Waals surface area contributed by atoms with Crippen molar-refractivity contribution in [3.63, 3.8) is 0 Å². The van der Waals surface area contributed by atoms with E-state index in [1.807, 2.05) is 0 Å². The monoisotopic (exact) mass is 325 g/mol. The molecule has 0 unspecified atom stereocenters. The van der Waals surface area contributed by atoms with Crippen LogP contribution in [-0.4, -0.2) is 42.7 Å². The second-order valence-electron chi connectivity index (χ2n) is 3.24. The van der Waals surface area contributed by atoms with Crippen molar-refractivity contribution in [1.82, 2.24) is 9.72 Å². The third-order valence-corrected chi connectivity index (χ3v) is 12.7. The Bertz CT molecular complexity index is 327. The normalized spacial score (nSPS) is 28.1. The molecule has 18 heavy (non-hydrogen) atoms. The summed E-state index contributed by atoms with van der Waals surface area (Å²) in [7, 11) is 0.276. The number of rotatable bonds is 6. The maximum absolute atomic E-state index is 5.42. The van der Waals surface area contributed by atoms with Crippen LogP contribution in [0.3, 0.4) is 0 Å². The summed E-state index contributed by atoms with van der Waals surface area (Å²) in [4.78, 5) is 6.14. The van der Waals surface area contributed by atoms with Gasteiger partial charge in [0.1, 0.15) is 0 Å². The molecule has 1 rings (SSSR count). The van der Waals surface area contributed by atoms with Gasteiger partial charge >= 0.3 is 108 Å². The first-order valence-corrected chi connectivity index (χ1v) is 10.2. The molecular formula is C6H22N3O6P3. The van der Waals surface area contributed by atoms with E-state index in [0.29, 0.717) is 0 Å². The van der Waals surface area contributed by atoms with E-state index in [1.165, 1.54) is 42.7 Å². The summed E-state index contributed by atoms with van der Waals surface area (Å²) in [6, 6.07) is 0. The Labute approximate surface area is 108 Å². The van der Waals surface area contributed by atoms with E-state index in [1.54, 1.807) is 0 Å². The molecule has 12 heteroatoms. The van der Waals surface area contributed by atoms with E-state index in [9.17, 15) is 0 Å². The number of nitrogens with zero attached hydrogens (tertiary/aromatic N) is 1. The van der Waals surface area contributed by atoms with Gasteiger partial charge in [-0.3, -0.25) is 0 Å². The molecule has 0 saturated heterocycles. The van der Waals surface area contributed by atoms with Crippen LogP contribution in [0.2, 0.25) is 0 Å². The van der Waals surface area contributed by atoms with E-state index >= 15 is 0 Å². The molecule has 2 N–H and O–H groups in total. The summed E-state index contributed by atoms with van der Waals surface area (Å²) in [6.07, 6.45) is 0. The molecule has 0 aromatic carbocycles. The third kappa shape index (κ3) is 3.08. The summed E-state index contributed by atoms with van der Waals surface area (Å²) in [5, 5.41) is 0. The fourth-order valence-corrected chi connectivity index (χ4v) is 12.9. The summed E-state index contributed by atoms with van der Waals surface area (Å²) in [6.45, 7) is 0. The van der Waals surface area contributed by atoms with Gasteiger partial charge in [0.15, 0.2) is 0 Å². The average Bonchev–Trinajstić information content (AvgIpc) is 2.46. The summed E-state index contributed by atoms with van der Waals surface area (Å²) < 4.78 is 36.8. The minimum absolute atomic E-state index is 1.49. The molecule has 0 aromatic rings. The number of nitrogens with one attached hydrogen (secondary N) is 2. The van der Waals surface area contributed by atoms with Crippen molar-refractivity contribution in [2.24, 2.45) is 4.52 Å². The molecule has 112 valence electrons. The van der Waals surface area contributed by atoms with Gasteiger partial charge in [0.2, 0.25) is 0 Å². The molecule has 0 saturated carbocycles. The van der Waals surface area contributed by atoms with Crippen molar-refractivity contribution < 1.29 is 27.1 Å². The molecule has 0 atom stereocenters. The van der Waals surface area contributed by atoms with Crippen LogP contribution in [0.5, 0.6) is 0 Å². The average molecular weight is 325 g/mol. The topological polar surface area (TPSA) is 91.8 Å². The first-order valence-electron chi connectivity index (χ1n) is 5.03. The van der Waals surface area contributed by atoms with Crippen LogP contribution in [0.4, 0.5) is 0 Å². The Balaban J connectivity index is 3.30. The Hall–Kier alpha value is 0.770. The van der Waals surface area contributed by atoms with Crippen molar-refractivity contribution in [3.8, 4) is 0 Å². The second-order valence-corrected chi connectivity index (χ2v) is 11.7. The van der Waals surface area contributed by atoms with Crippen molar-refractivity contribution >= 4 is 23.7 Å². The van der Waals surface area contributed by atoms with Gasteiger partial charge in [-0.05, 0) is 0 Å². The van der Waals surface area contributed by atoms with Crippen molar-refractivity contribution in [2.75, 3.05) is 42.7 Å². The van der Waals surface area contributed by atoms with E-state index < -0.39 is 23.7 Å². The predicted molar refractivity (Wildman–Crippen MR) is 74.3 cm³/mol. The Kier molecular flexibility index (Phi) is 6.06. The SMILES string of the molecule is COP1(OC)=N[PH](OC)(OC)N[PH](OC)(OC)N1. The standard InChI is InChI=1S/C6H22N3O6P3/c1-10-16(11-2)7-17(12-3,13-4)9-18(8-16,14-5)15-6/h7-8,16-17H,1-6H3. The molecule has 0 bridgehead atoms. The molecule has 0 spiro atoms. The third-order valence-electron chi connectivity index (χ3n) is 2.50. The molecule has 0 fully saturated rings. The van der Waals surface area contributed by atoms with Gasteiger partial charge in [-0.25, -0.2) is 0 Å². The Morgan fingerprint density at radius 3 is 1.67 bits per heavy atom. The molecule has 1 aliphatic rings. The molecule has 0 aromatic heterocycles. The molecule has 1 aliphatic heterocycles. The van der Waals surface area contributed by atoms with Crippen LogP contribution in [0.1, 0.15) is 0 Å². The first-order chi connectivity index (χ1) is 8.49. The summed E-state index contributed by atoms with van der Waals surface area (Å²) >= 11 is 0. The molecule has 9 nitrogen and oxygen atoms in total. The second kappa shape index (κ2) is 6.48. The van der Waals surface area contributed by atoms with Gasteiger partial charge in [0, 0.05) is 0 Å². The van der Waals surface area contributed by atoms with Gasteiger partial charge in [-0.15, -0.1) is 0 Å². The van der Waals surface area contributed by atoms with Crippen molar-refractivity contribution in [3.05, 3.63) is 0 Å². The molecule has 0 amide bonds. The van der Waals surface area contributed by atoms with E-state index in [0.717, 1.165) is 0 Å². The quantitative estimate of drug-likeness (QED) is 0.715. The van der Waals surface area contributed by atoms with Gasteiger partial charge in [0.25, 0.3) is 0 Å². The number of hydrogen-bond acceptors (Lipinski definition) is 9. The Morgan fingerprint density at radius 2 is 1.33 bits per heavy atom. The van der Waals surface area contributed by atoms with Crippen LogP contribution >= 0.6 is 23.7 Å². The van der Waals surface area contributed by atoms with E-state index in [2.05, 4.69) is 14.2 Å². The number of hydrogen-bond donors (Lipinski definition) is 2. The maximum atomic E-state index is 5.42. The Morgan fingerprint density at radius 1 is 0.833 bits per heavy atom. The molecular weight excluding hydrogens is 303 g/mol. The summed E-state index contributed by atoms with van der Waals surface area (Å²) in [5.74, 6) is 0. The van der Waals surface area contributed by atoms with Crippen LogP contribution in [0.25, 0.3) is 0 Å². The minimum atomic E-state index is -3.06. The molecule has 0 radical (unpaired) electrons. The van der Waals surface area contributed by atoms with Gasteiger partial charge < -0.3 is 0 Å². The van der Waals surface area contributed by atoms with Crippen LogP contribution in [0.15, 0.2) is 4.52 Å². The first kappa shape index (κ1) is 16.8. The van der Waals surface area contributed by atoms with Gasteiger partial charge in [-0.1, -0.05) is 0 Å². The van der Waals surface area contributed by atoms with Crippen molar-refractivity contribution in [1.29, 1.82) is 0 Å².